The molecule has 0 unspecified atom stereocenters. The van der Waals surface area contributed by atoms with Gasteiger partial charge in [0.2, 0.25) is 0 Å². The summed E-state index contributed by atoms with van der Waals surface area (Å²) in [4.78, 5) is 27.2. The summed E-state index contributed by atoms with van der Waals surface area (Å²) in [5.41, 5.74) is 4.09. The van der Waals surface area contributed by atoms with Gasteiger partial charge >= 0.3 is 0 Å². The number of hydrogen-bond acceptors (Lipinski definition) is 5. The van der Waals surface area contributed by atoms with Crippen LogP contribution < -0.4 is 5.84 Å². The van der Waals surface area contributed by atoms with E-state index in [2.05, 4.69) is 25.0 Å². The van der Waals surface area contributed by atoms with Crippen LogP contribution in [0.15, 0.2) is 42.0 Å². The Morgan fingerprint density at radius 3 is 1.81 bits per heavy atom. The SMILES string of the molecule is N/N=C(/c1c(Cl)cnc2[nH]ccc12)C1CCCCC1.O=C(c1c(Cl)cnc2[nH]ccc12)C1CCCCC1. The zero-order valence-corrected chi connectivity index (χ0v) is 22.3. The number of halogens is 2. The number of nitrogens with one attached hydrogen (secondary N) is 2. The Balaban J connectivity index is 0.000000152. The molecule has 4 heterocycles. The number of hydrazone groups is 1. The summed E-state index contributed by atoms with van der Waals surface area (Å²) >= 11 is 12.5. The van der Waals surface area contributed by atoms with E-state index < -0.39 is 0 Å². The zero-order chi connectivity index (χ0) is 25.8. The normalized spacial score (nSPS) is 17.6. The van der Waals surface area contributed by atoms with Crippen molar-refractivity contribution in [3.05, 3.63) is 58.1 Å². The van der Waals surface area contributed by atoms with Gasteiger partial charge in [-0.2, -0.15) is 5.10 Å². The molecule has 4 aromatic heterocycles. The Labute approximate surface area is 226 Å². The van der Waals surface area contributed by atoms with E-state index in [1.54, 1.807) is 18.6 Å². The van der Waals surface area contributed by atoms with Gasteiger partial charge in [0.1, 0.15) is 11.3 Å². The Kier molecular flexibility index (Phi) is 8.11. The van der Waals surface area contributed by atoms with Gasteiger partial charge in [-0.1, -0.05) is 61.7 Å². The van der Waals surface area contributed by atoms with Crippen LogP contribution in [0.25, 0.3) is 22.1 Å². The van der Waals surface area contributed by atoms with Crippen molar-refractivity contribution in [3.63, 3.8) is 0 Å². The molecule has 0 atom stereocenters. The topological polar surface area (TPSA) is 113 Å². The van der Waals surface area contributed by atoms with Gasteiger partial charge in [-0.3, -0.25) is 4.79 Å². The van der Waals surface area contributed by atoms with E-state index in [1.165, 1.54) is 25.7 Å². The molecule has 0 spiro atoms. The van der Waals surface area contributed by atoms with Gasteiger partial charge < -0.3 is 15.8 Å². The molecule has 0 aliphatic heterocycles. The predicted molar refractivity (Wildman–Crippen MR) is 150 cm³/mol. The van der Waals surface area contributed by atoms with Gasteiger partial charge in [0.15, 0.2) is 5.78 Å². The molecular weight excluding hydrogens is 507 g/mol. The van der Waals surface area contributed by atoms with E-state index in [-0.39, 0.29) is 11.7 Å². The van der Waals surface area contributed by atoms with Crippen molar-refractivity contribution in [2.75, 3.05) is 0 Å². The number of ketones is 1. The van der Waals surface area contributed by atoms with Gasteiger partial charge in [-0.05, 0) is 37.8 Å². The lowest BCUT2D eigenvalue weighted by Gasteiger charge is -2.23. The van der Waals surface area contributed by atoms with Crippen LogP contribution in [0, 0.1) is 11.8 Å². The van der Waals surface area contributed by atoms with Crippen LogP contribution in [-0.4, -0.2) is 31.4 Å². The van der Waals surface area contributed by atoms with Crippen molar-refractivity contribution in [1.29, 1.82) is 0 Å². The third-order valence-corrected chi connectivity index (χ3v) is 8.26. The average Bonchev–Trinajstić information content (AvgIpc) is 3.61. The lowest BCUT2D eigenvalue weighted by atomic mass is 9.83. The predicted octanol–water partition coefficient (Wildman–Crippen LogP) is 7.44. The van der Waals surface area contributed by atoms with Crippen molar-refractivity contribution < 1.29 is 4.79 Å². The van der Waals surface area contributed by atoms with Gasteiger partial charge in [-0.25, -0.2) is 9.97 Å². The summed E-state index contributed by atoms with van der Waals surface area (Å²) in [7, 11) is 0. The first-order valence-electron chi connectivity index (χ1n) is 13.1. The van der Waals surface area contributed by atoms with Crippen molar-refractivity contribution in [2.45, 2.75) is 64.2 Å². The highest BCUT2D eigenvalue weighted by Crippen LogP contribution is 2.34. The summed E-state index contributed by atoms with van der Waals surface area (Å²) in [5.74, 6) is 6.40. The molecule has 0 amide bonds. The first kappa shape index (κ1) is 25.7. The summed E-state index contributed by atoms with van der Waals surface area (Å²) in [6, 6.07) is 3.86. The minimum atomic E-state index is 0.136. The number of fused-ring (bicyclic) bond motifs is 2. The Hall–Kier alpha value is -2.90. The molecule has 4 N–H and O–H groups in total. The number of rotatable bonds is 4. The molecule has 7 nitrogen and oxygen atoms in total. The minimum Gasteiger partial charge on any atom is -0.346 e. The van der Waals surface area contributed by atoms with Gasteiger partial charge in [-0.15, -0.1) is 0 Å². The highest BCUT2D eigenvalue weighted by molar-refractivity contribution is 6.36. The molecule has 9 heteroatoms. The number of carbonyl (C=O) groups excluding carboxylic acids is 1. The van der Waals surface area contributed by atoms with E-state index in [9.17, 15) is 4.79 Å². The summed E-state index contributed by atoms with van der Waals surface area (Å²) in [6.07, 6.45) is 18.5. The first-order chi connectivity index (χ1) is 18.1. The number of pyridine rings is 2. The second-order valence-electron chi connectivity index (χ2n) is 9.99. The summed E-state index contributed by atoms with van der Waals surface area (Å²) in [6.45, 7) is 0. The molecular formula is C28H32Cl2N6O. The number of nitrogens with zero attached hydrogens (tertiary/aromatic N) is 3. The van der Waals surface area contributed by atoms with Crippen LogP contribution in [0.2, 0.25) is 10.0 Å². The van der Waals surface area contributed by atoms with E-state index in [0.29, 0.717) is 21.5 Å². The number of hydrogen-bond donors (Lipinski definition) is 3. The molecule has 194 valence electrons. The van der Waals surface area contributed by atoms with Gasteiger partial charge in [0, 0.05) is 58.5 Å². The maximum Gasteiger partial charge on any atom is 0.168 e. The molecule has 2 saturated carbocycles. The largest absolute Gasteiger partial charge is 0.346 e. The molecule has 2 aliphatic carbocycles. The van der Waals surface area contributed by atoms with Crippen LogP contribution in [0.5, 0.6) is 0 Å². The van der Waals surface area contributed by atoms with Crippen LogP contribution in [0.3, 0.4) is 0 Å². The van der Waals surface area contributed by atoms with Crippen molar-refractivity contribution in [2.24, 2.45) is 22.8 Å². The van der Waals surface area contributed by atoms with E-state index in [1.807, 2.05) is 18.3 Å². The summed E-state index contributed by atoms with van der Waals surface area (Å²) < 4.78 is 0. The standard InChI is InChI=1S/C14H17ClN4.C14H15ClN2O/c15-11-8-18-14-10(6-7-17-14)12(11)13(19-16)9-4-2-1-3-5-9;15-11-8-17-14-10(6-7-16-14)12(11)13(18)9-4-2-1-3-5-9/h6-9H,1-5,16H2,(H,17,18);6-9H,1-5H2,(H,16,17)/b19-13+;. The third-order valence-electron chi connectivity index (χ3n) is 7.69. The smallest absolute Gasteiger partial charge is 0.168 e. The number of aromatic nitrogens is 4. The molecule has 4 aromatic rings. The first-order valence-corrected chi connectivity index (χ1v) is 13.9. The zero-order valence-electron chi connectivity index (χ0n) is 20.8. The lowest BCUT2D eigenvalue weighted by molar-refractivity contribution is 0.0891. The van der Waals surface area contributed by atoms with Gasteiger partial charge in [0.05, 0.1) is 15.8 Å². The monoisotopic (exact) mass is 538 g/mol. The maximum absolute atomic E-state index is 12.6. The number of H-pyrrole nitrogens is 2. The maximum atomic E-state index is 12.6. The highest BCUT2D eigenvalue weighted by Gasteiger charge is 2.26. The van der Waals surface area contributed by atoms with Crippen LogP contribution >= 0.6 is 23.2 Å². The Bertz CT molecular complexity index is 1410. The van der Waals surface area contributed by atoms with Crippen molar-refractivity contribution >= 4 is 56.8 Å². The van der Waals surface area contributed by atoms with Crippen LogP contribution in [0.4, 0.5) is 0 Å². The number of aromatic amines is 2. The number of carbonyl (C=O) groups is 1. The van der Waals surface area contributed by atoms with Crippen molar-refractivity contribution in [3.8, 4) is 0 Å². The second kappa shape index (κ2) is 11.7. The molecule has 0 radical (unpaired) electrons. The number of nitrogens with two attached hydrogens (primary N) is 1. The molecule has 0 saturated heterocycles. The van der Waals surface area contributed by atoms with E-state index >= 15 is 0 Å². The van der Waals surface area contributed by atoms with Crippen molar-refractivity contribution in [1.82, 2.24) is 19.9 Å². The number of Topliss-reactive ketones (excluding diaryl/α,β-unsaturated/α-hetero) is 1. The highest BCUT2D eigenvalue weighted by atomic mass is 35.5. The van der Waals surface area contributed by atoms with Crippen LogP contribution in [0.1, 0.15) is 80.1 Å². The summed E-state index contributed by atoms with van der Waals surface area (Å²) in [5, 5.41) is 7.01. The molecule has 2 aliphatic rings. The second-order valence-corrected chi connectivity index (χ2v) is 10.8. The van der Waals surface area contributed by atoms with E-state index in [4.69, 9.17) is 29.0 Å². The Morgan fingerprint density at radius 1 is 0.784 bits per heavy atom. The van der Waals surface area contributed by atoms with Gasteiger partial charge in [0.25, 0.3) is 0 Å². The molecule has 37 heavy (non-hydrogen) atoms. The minimum absolute atomic E-state index is 0.136. The Morgan fingerprint density at radius 2 is 1.27 bits per heavy atom. The van der Waals surface area contributed by atoms with E-state index in [0.717, 1.165) is 71.9 Å². The molecule has 6 rings (SSSR count). The fourth-order valence-electron chi connectivity index (χ4n) is 5.80. The molecule has 2 fully saturated rings. The fourth-order valence-corrected chi connectivity index (χ4v) is 6.29. The lowest BCUT2D eigenvalue weighted by Crippen LogP contribution is -2.21. The molecule has 0 aromatic carbocycles. The third kappa shape index (κ3) is 5.39. The van der Waals surface area contributed by atoms with Crippen LogP contribution in [-0.2, 0) is 0 Å². The quantitative estimate of drug-likeness (QED) is 0.108. The fraction of sp³-hybridized carbons (Fsp3) is 0.429. The molecule has 0 bridgehead atoms. The average molecular weight is 540 g/mol.